The highest BCUT2D eigenvalue weighted by Gasteiger charge is 2.25. The van der Waals surface area contributed by atoms with Crippen molar-refractivity contribution >= 4 is 46.1 Å². The molecule has 0 saturated carbocycles. The number of carbonyl (C=O) groups excluding carboxylic acids is 3. The van der Waals surface area contributed by atoms with Crippen LogP contribution >= 0.6 is 11.6 Å². The van der Waals surface area contributed by atoms with Crippen molar-refractivity contribution in [2.75, 3.05) is 31.5 Å². The van der Waals surface area contributed by atoms with Crippen LogP contribution in [-0.4, -0.2) is 65.6 Å². The third-order valence-electron chi connectivity index (χ3n) is 5.83. The predicted octanol–water partition coefficient (Wildman–Crippen LogP) is 4.27. The van der Waals surface area contributed by atoms with Crippen molar-refractivity contribution in [2.24, 2.45) is 0 Å². The van der Waals surface area contributed by atoms with E-state index >= 15 is 0 Å². The van der Waals surface area contributed by atoms with Gasteiger partial charge in [-0.15, -0.1) is 0 Å². The molecule has 0 spiro atoms. The van der Waals surface area contributed by atoms with Crippen LogP contribution in [0.15, 0.2) is 42.6 Å². The number of likely N-dealkylation sites (tertiary alicyclic amines) is 1. The Hall–Kier alpha value is -3.33. The molecular formula is C27H36ClN5O4. The number of nitrogens with zero attached hydrogens (tertiary/aromatic N) is 2. The number of carbonyl (C=O) groups is 3. The van der Waals surface area contributed by atoms with Crippen LogP contribution in [-0.2, 0) is 14.3 Å². The fourth-order valence-electron chi connectivity index (χ4n) is 3.99. The zero-order valence-corrected chi connectivity index (χ0v) is 22.4. The maximum absolute atomic E-state index is 12.4. The lowest BCUT2D eigenvalue weighted by Crippen LogP contribution is -2.47. The van der Waals surface area contributed by atoms with Crippen molar-refractivity contribution in [3.63, 3.8) is 0 Å². The smallest absolute Gasteiger partial charge is 0.407 e. The van der Waals surface area contributed by atoms with Gasteiger partial charge < -0.3 is 25.6 Å². The van der Waals surface area contributed by atoms with E-state index < -0.39 is 11.7 Å². The minimum atomic E-state index is -0.548. The van der Waals surface area contributed by atoms with E-state index in [2.05, 4.69) is 20.9 Å². The van der Waals surface area contributed by atoms with Gasteiger partial charge in [0.1, 0.15) is 5.60 Å². The Morgan fingerprint density at radius 3 is 2.57 bits per heavy atom. The number of amides is 3. The summed E-state index contributed by atoms with van der Waals surface area (Å²) in [5.41, 5.74) is 1.29. The lowest BCUT2D eigenvalue weighted by Gasteiger charge is -2.32. The Bertz CT molecular complexity index is 1120. The van der Waals surface area contributed by atoms with E-state index in [0.717, 1.165) is 36.0 Å². The largest absolute Gasteiger partial charge is 0.444 e. The zero-order valence-electron chi connectivity index (χ0n) is 21.7. The third-order valence-corrected chi connectivity index (χ3v) is 6.06. The van der Waals surface area contributed by atoms with Crippen LogP contribution in [0.5, 0.6) is 0 Å². The number of alkyl carbamates (subject to hydrolysis) is 1. The molecule has 1 aliphatic heterocycles. The third kappa shape index (κ3) is 9.57. The van der Waals surface area contributed by atoms with Crippen molar-refractivity contribution in [2.45, 2.75) is 58.1 Å². The van der Waals surface area contributed by atoms with E-state index in [0.29, 0.717) is 37.5 Å². The van der Waals surface area contributed by atoms with Crippen LogP contribution in [0.2, 0.25) is 5.02 Å². The standard InChI is InChI=1S/C27H36ClN5O4/c1-27(2,3)37-26(36)32-20-11-16-33(17-12-20)25(35)9-8-24(34)31-14-5-4-13-29-22-10-15-30-23-18-19(28)6-7-21(22)23/h6-10,15,18,20H,4-5,11-14,16-17H2,1-3H3,(H,29,30)(H,31,34)(H,32,36)/b9-8+. The van der Waals surface area contributed by atoms with Crippen molar-refractivity contribution < 1.29 is 19.1 Å². The van der Waals surface area contributed by atoms with E-state index in [1.54, 1.807) is 11.1 Å². The molecule has 3 N–H and O–H groups in total. The quantitative estimate of drug-likeness (QED) is 0.330. The molecule has 1 aromatic carbocycles. The number of aromatic nitrogens is 1. The SMILES string of the molecule is CC(C)(C)OC(=O)NC1CCN(C(=O)/C=C/C(=O)NCCCCNc2ccnc3cc(Cl)ccc23)CC1. The Balaban J connectivity index is 1.29. The molecule has 3 amide bonds. The number of piperidine rings is 1. The van der Waals surface area contributed by atoms with Crippen LogP contribution in [0, 0.1) is 0 Å². The van der Waals surface area contributed by atoms with Gasteiger partial charge in [-0.25, -0.2) is 4.79 Å². The minimum Gasteiger partial charge on any atom is -0.444 e. The molecule has 0 aliphatic carbocycles. The molecule has 0 bridgehead atoms. The topological polar surface area (TPSA) is 113 Å². The second kappa shape index (κ2) is 13.3. The monoisotopic (exact) mass is 529 g/mol. The van der Waals surface area contributed by atoms with Crippen LogP contribution in [0.25, 0.3) is 10.9 Å². The van der Waals surface area contributed by atoms with Gasteiger partial charge in [-0.1, -0.05) is 11.6 Å². The number of benzene rings is 1. The first-order chi connectivity index (χ1) is 17.6. The van der Waals surface area contributed by atoms with Crippen molar-refractivity contribution in [3.05, 3.63) is 47.6 Å². The van der Waals surface area contributed by atoms with Gasteiger partial charge in [0.2, 0.25) is 11.8 Å². The molecule has 1 fully saturated rings. The fourth-order valence-corrected chi connectivity index (χ4v) is 4.16. The summed E-state index contributed by atoms with van der Waals surface area (Å²) in [7, 11) is 0. The Kier molecular flexibility index (Phi) is 10.1. The molecule has 3 rings (SSSR count). The van der Waals surface area contributed by atoms with Crippen LogP contribution in [0.3, 0.4) is 0 Å². The number of rotatable bonds is 9. The Morgan fingerprint density at radius 1 is 1.11 bits per heavy atom. The molecule has 1 saturated heterocycles. The fraction of sp³-hybridized carbons (Fsp3) is 0.481. The number of halogens is 1. The number of hydrogen-bond donors (Lipinski definition) is 3. The molecule has 9 nitrogen and oxygen atoms in total. The van der Waals surface area contributed by atoms with Gasteiger partial charge in [-0.05, 0) is 70.7 Å². The minimum absolute atomic E-state index is 0.0311. The second-order valence-electron chi connectivity index (χ2n) is 10.0. The summed E-state index contributed by atoms with van der Waals surface area (Å²) >= 11 is 6.04. The number of unbranched alkanes of at least 4 members (excludes halogenated alkanes) is 1. The van der Waals surface area contributed by atoms with Crippen molar-refractivity contribution in [1.29, 1.82) is 0 Å². The molecule has 2 aromatic rings. The Labute approximate surface area is 223 Å². The maximum Gasteiger partial charge on any atom is 0.407 e. The summed E-state index contributed by atoms with van der Waals surface area (Å²) in [4.78, 5) is 42.4. The molecule has 200 valence electrons. The molecule has 0 radical (unpaired) electrons. The summed E-state index contributed by atoms with van der Waals surface area (Å²) < 4.78 is 5.28. The Morgan fingerprint density at radius 2 is 1.84 bits per heavy atom. The molecule has 2 heterocycles. The van der Waals surface area contributed by atoms with E-state index in [-0.39, 0.29) is 17.9 Å². The number of hydrogen-bond acceptors (Lipinski definition) is 6. The van der Waals surface area contributed by atoms with Gasteiger partial charge in [-0.2, -0.15) is 0 Å². The number of anilines is 1. The molecular weight excluding hydrogens is 494 g/mol. The number of fused-ring (bicyclic) bond motifs is 1. The molecule has 37 heavy (non-hydrogen) atoms. The summed E-state index contributed by atoms with van der Waals surface area (Å²) in [6.07, 6.45) is 6.84. The molecule has 0 atom stereocenters. The van der Waals surface area contributed by atoms with E-state index in [1.165, 1.54) is 12.2 Å². The maximum atomic E-state index is 12.4. The molecule has 10 heteroatoms. The molecule has 1 aliphatic rings. The number of nitrogens with one attached hydrogen (secondary N) is 3. The van der Waals surface area contributed by atoms with E-state index in [1.807, 2.05) is 45.0 Å². The highest BCUT2D eigenvalue weighted by Crippen LogP contribution is 2.24. The number of ether oxygens (including phenoxy) is 1. The zero-order chi connectivity index (χ0) is 26.8. The lowest BCUT2D eigenvalue weighted by atomic mass is 10.1. The number of pyridine rings is 1. The average Bonchev–Trinajstić information content (AvgIpc) is 2.83. The average molecular weight is 530 g/mol. The summed E-state index contributed by atoms with van der Waals surface area (Å²) in [6.45, 7) is 7.75. The predicted molar refractivity (Wildman–Crippen MR) is 146 cm³/mol. The van der Waals surface area contributed by atoms with Gasteiger partial charge in [0.05, 0.1) is 5.52 Å². The van der Waals surface area contributed by atoms with Crippen molar-refractivity contribution in [3.8, 4) is 0 Å². The van der Waals surface area contributed by atoms with Gasteiger partial charge in [0.25, 0.3) is 0 Å². The van der Waals surface area contributed by atoms with E-state index in [4.69, 9.17) is 16.3 Å². The highest BCUT2D eigenvalue weighted by atomic mass is 35.5. The first-order valence-electron chi connectivity index (χ1n) is 12.6. The van der Waals surface area contributed by atoms with Gasteiger partial charge in [0.15, 0.2) is 0 Å². The first-order valence-corrected chi connectivity index (χ1v) is 13.0. The van der Waals surface area contributed by atoms with Gasteiger partial charge in [0, 0.05) is 66.7 Å². The van der Waals surface area contributed by atoms with Gasteiger partial charge in [-0.3, -0.25) is 14.6 Å². The summed E-state index contributed by atoms with van der Waals surface area (Å²) in [5.74, 6) is -0.499. The lowest BCUT2D eigenvalue weighted by molar-refractivity contribution is -0.127. The van der Waals surface area contributed by atoms with Gasteiger partial charge >= 0.3 is 6.09 Å². The van der Waals surface area contributed by atoms with E-state index in [9.17, 15) is 14.4 Å². The molecule has 0 unspecified atom stereocenters. The molecule has 1 aromatic heterocycles. The van der Waals surface area contributed by atoms with Crippen molar-refractivity contribution in [1.82, 2.24) is 20.5 Å². The van der Waals surface area contributed by atoms with Crippen LogP contribution in [0.1, 0.15) is 46.5 Å². The summed E-state index contributed by atoms with van der Waals surface area (Å²) in [6, 6.07) is 7.53. The highest BCUT2D eigenvalue weighted by molar-refractivity contribution is 6.31. The first kappa shape index (κ1) is 28.2. The van der Waals surface area contributed by atoms with Crippen LogP contribution < -0.4 is 16.0 Å². The van der Waals surface area contributed by atoms with Crippen LogP contribution in [0.4, 0.5) is 10.5 Å². The summed E-state index contributed by atoms with van der Waals surface area (Å²) in [5, 5.41) is 10.7. The second-order valence-corrected chi connectivity index (χ2v) is 10.5. The normalized spacial score (nSPS) is 14.5.